The first-order chi connectivity index (χ1) is 6.56. The monoisotopic (exact) mass is 196 g/mol. The maximum atomic E-state index is 11.0. The zero-order valence-corrected chi connectivity index (χ0v) is 7.35. The van der Waals surface area contributed by atoms with E-state index in [1.165, 1.54) is 19.2 Å². The van der Waals surface area contributed by atoms with Crippen LogP contribution in [0.15, 0.2) is 12.1 Å². The second-order valence-corrected chi connectivity index (χ2v) is 2.43. The molecule has 1 aromatic heterocycles. The summed E-state index contributed by atoms with van der Waals surface area (Å²) in [6.45, 7) is 0. The van der Waals surface area contributed by atoms with Gasteiger partial charge in [0.15, 0.2) is 5.69 Å². The van der Waals surface area contributed by atoms with Gasteiger partial charge < -0.3 is 15.6 Å². The molecule has 6 heteroatoms. The first-order valence-corrected chi connectivity index (χ1v) is 3.64. The SMILES string of the molecule is COC(=O)c1ccc(C(=O)O)nc1N. The minimum absolute atomic E-state index is 0.0532. The molecular weight excluding hydrogens is 188 g/mol. The first-order valence-electron chi connectivity index (χ1n) is 3.64. The van der Waals surface area contributed by atoms with Gasteiger partial charge in [-0.1, -0.05) is 0 Å². The molecule has 0 radical (unpaired) electrons. The summed E-state index contributed by atoms with van der Waals surface area (Å²) in [5.41, 5.74) is 5.20. The van der Waals surface area contributed by atoms with E-state index < -0.39 is 11.9 Å². The smallest absolute Gasteiger partial charge is 0.354 e. The van der Waals surface area contributed by atoms with Crippen LogP contribution in [0.2, 0.25) is 0 Å². The number of ether oxygens (including phenoxy) is 1. The predicted molar refractivity (Wildman–Crippen MR) is 46.9 cm³/mol. The van der Waals surface area contributed by atoms with Crippen LogP contribution < -0.4 is 5.73 Å². The summed E-state index contributed by atoms with van der Waals surface area (Å²) in [7, 11) is 1.20. The summed E-state index contributed by atoms with van der Waals surface area (Å²) in [5.74, 6) is -2.00. The maximum absolute atomic E-state index is 11.0. The first kappa shape index (κ1) is 9.97. The van der Waals surface area contributed by atoms with E-state index in [0.29, 0.717) is 0 Å². The Hall–Kier alpha value is -2.11. The van der Waals surface area contributed by atoms with Gasteiger partial charge in [0.25, 0.3) is 0 Å². The number of methoxy groups -OCH3 is 1. The predicted octanol–water partition coefficient (Wildman–Crippen LogP) is 0.149. The summed E-state index contributed by atoms with van der Waals surface area (Å²) < 4.78 is 4.41. The lowest BCUT2D eigenvalue weighted by Crippen LogP contribution is -2.10. The molecule has 0 unspecified atom stereocenters. The number of nitrogens with two attached hydrogens (primary N) is 1. The number of hydrogen-bond donors (Lipinski definition) is 2. The number of aromatic carboxylic acids is 1. The molecule has 1 rings (SSSR count). The van der Waals surface area contributed by atoms with Crippen LogP contribution in [0.5, 0.6) is 0 Å². The molecule has 74 valence electrons. The molecule has 0 aliphatic rings. The molecule has 0 aliphatic carbocycles. The van der Waals surface area contributed by atoms with Crippen molar-refractivity contribution in [3.63, 3.8) is 0 Å². The number of nitrogen functional groups attached to an aromatic ring is 1. The average molecular weight is 196 g/mol. The molecule has 0 fully saturated rings. The number of rotatable bonds is 2. The van der Waals surface area contributed by atoms with Crippen molar-refractivity contribution in [2.45, 2.75) is 0 Å². The number of carboxylic acids is 1. The minimum atomic E-state index is -1.20. The third kappa shape index (κ3) is 1.79. The van der Waals surface area contributed by atoms with E-state index in [0.717, 1.165) is 0 Å². The lowest BCUT2D eigenvalue weighted by molar-refractivity contribution is 0.0599. The van der Waals surface area contributed by atoms with Crippen LogP contribution in [0.4, 0.5) is 5.82 Å². The minimum Gasteiger partial charge on any atom is -0.477 e. The second kappa shape index (κ2) is 3.73. The lowest BCUT2D eigenvalue weighted by Gasteiger charge is -2.02. The Morgan fingerprint density at radius 3 is 2.57 bits per heavy atom. The Labute approximate surface area is 79.3 Å². The fourth-order valence-electron chi connectivity index (χ4n) is 0.877. The number of aromatic nitrogens is 1. The number of pyridine rings is 1. The Morgan fingerprint density at radius 1 is 1.50 bits per heavy atom. The molecule has 0 saturated heterocycles. The Balaban J connectivity index is 3.14. The number of anilines is 1. The molecule has 0 spiro atoms. The zero-order chi connectivity index (χ0) is 10.7. The summed E-state index contributed by atoms with van der Waals surface area (Å²) >= 11 is 0. The van der Waals surface area contributed by atoms with E-state index >= 15 is 0 Å². The molecule has 0 bridgehead atoms. The number of carbonyl (C=O) groups excluding carboxylic acids is 1. The summed E-state index contributed by atoms with van der Waals surface area (Å²) in [5, 5.41) is 8.56. The van der Waals surface area contributed by atoms with Crippen molar-refractivity contribution >= 4 is 17.8 Å². The van der Waals surface area contributed by atoms with Gasteiger partial charge in [0.2, 0.25) is 0 Å². The normalized spacial score (nSPS) is 9.50. The Kier molecular flexibility index (Phi) is 2.66. The van der Waals surface area contributed by atoms with Gasteiger partial charge in [0.05, 0.1) is 7.11 Å². The van der Waals surface area contributed by atoms with E-state index in [1.54, 1.807) is 0 Å². The number of hydrogen-bond acceptors (Lipinski definition) is 5. The van der Waals surface area contributed by atoms with Crippen molar-refractivity contribution in [3.8, 4) is 0 Å². The lowest BCUT2D eigenvalue weighted by atomic mass is 10.2. The molecule has 1 heterocycles. The van der Waals surface area contributed by atoms with Crippen LogP contribution in [-0.2, 0) is 4.74 Å². The average Bonchev–Trinajstić information content (AvgIpc) is 2.16. The fraction of sp³-hybridized carbons (Fsp3) is 0.125. The zero-order valence-electron chi connectivity index (χ0n) is 7.35. The van der Waals surface area contributed by atoms with Gasteiger partial charge in [-0.25, -0.2) is 14.6 Å². The van der Waals surface area contributed by atoms with Crippen molar-refractivity contribution in [1.29, 1.82) is 0 Å². The molecule has 14 heavy (non-hydrogen) atoms. The summed E-state index contributed by atoms with van der Waals surface area (Å²) in [6.07, 6.45) is 0. The Bertz CT molecular complexity index is 389. The number of carboxylic acid groups (broad SMARTS) is 1. The largest absolute Gasteiger partial charge is 0.477 e. The van der Waals surface area contributed by atoms with Crippen molar-refractivity contribution < 1.29 is 19.4 Å². The van der Waals surface area contributed by atoms with Gasteiger partial charge in [0.1, 0.15) is 11.4 Å². The molecular formula is C8H8N2O4. The van der Waals surface area contributed by atoms with Crippen molar-refractivity contribution in [1.82, 2.24) is 4.98 Å². The topological polar surface area (TPSA) is 103 Å². The van der Waals surface area contributed by atoms with Gasteiger partial charge in [-0.05, 0) is 12.1 Å². The van der Waals surface area contributed by atoms with E-state index in [2.05, 4.69) is 9.72 Å². The van der Waals surface area contributed by atoms with Crippen molar-refractivity contribution in [3.05, 3.63) is 23.4 Å². The number of nitrogens with zero attached hydrogens (tertiary/aromatic N) is 1. The molecule has 0 atom stereocenters. The maximum Gasteiger partial charge on any atom is 0.354 e. The molecule has 3 N–H and O–H groups in total. The summed E-state index contributed by atoms with van der Waals surface area (Å²) in [6, 6.07) is 2.45. The number of esters is 1. The molecule has 0 aliphatic heterocycles. The van der Waals surface area contributed by atoms with Gasteiger partial charge in [-0.15, -0.1) is 0 Å². The van der Waals surface area contributed by atoms with Gasteiger partial charge in [0, 0.05) is 0 Å². The second-order valence-electron chi connectivity index (χ2n) is 2.43. The standard InChI is InChI=1S/C8H8N2O4/c1-14-8(13)4-2-3-5(7(11)12)10-6(4)9/h2-3H,1H3,(H2,9,10)(H,11,12). The fourth-order valence-corrected chi connectivity index (χ4v) is 0.877. The quantitative estimate of drug-likeness (QED) is 0.652. The van der Waals surface area contributed by atoms with Crippen LogP contribution in [-0.4, -0.2) is 29.1 Å². The van der Waals surface area contributed by atoms with Gasteiger partial charge in [-0.2, -0.15) is 0 Å². The van der Waals surface area contributed by atoms with Crippen molar-refractivity contribution in [2.75, 3.05) is 12.8 Å². The van der Waals surface area contributed by atoms with E-state index in [9.17, 15) is 9.59 Å². The van der Waals surface area contributed by atoms with Gasteiger partial charge in [-0.3, -0.25) is 0 Å². The van der Waals surface area contributed by atoms with Crippen LogP contribution in [0, 0.1) is 0 Å². The van der Waals surface area contributed by atoms with E-state index in [1.807, 2.05) is 0 Å². The summed E-state index contributed by atoms with van der Waals surface area (Å²) in [4.78, 5) is 25.0. The van der Waals surface area contributed by atoms with Crippen LogP contribution in [0.3, 0.4) is 0 Å². The third-order valence-corrected chi connectivity index (χ3v) is 1.55. The highest BCUT2D eigenvalue weighted by atomic mass is 16.5. The third-order valence-electron chi connectivity index (χ3n) is 1.55. The van der Waals surface area contributed by atoms with Crippen LogP contribution >= 0.6 is 0 Å². The van der Waals surface area contributed by atoms with Crippen molar-refractivity contribution in [2.24, 2.45) is 0 Å². The Morgan fingerprint density at radius 2 is 2.14 bits per heavy atom. The molecule has 0 saturated carbocycles. The van der Waals surface area contributed by atoms with E-state index in [-0.39, 0.29) is 17.1 Å². The molecule has 1 aromatic rings. The molecule has 0 amide bonds. The van der Waals surface area contributed by atoms with Crippen LogP contribution in [0.1, 0.15) is 20.8 Å². The number of carbonyl (C=O) groups is 2. The van der Waals surface area contributed by atoms with Crippen LogP contribution in [0.25, 0.3) is 0 Å². The molecule has 0 aromatic carbocycles. The molecule has 6 nitrogen and oxygen atoms in total. The highest BCUT2D eigenvalue weighted by Gasteiger charge is 2.13. The van der Waals surface area contributed by atoms with E-state index in [4.69, 9.17) is 10.8 Å². The highest BCUT2D eigenvalue weighted by molar-refractivity contribution is 5.95. The highest BCUT2D eigenvalue weighted by Crippen LogP contribution is 2.10. The van der Waals surface area contributed by atoms with Gasteiger partial charge >= 0.3 is 11.9 Å².